The molecule has 0 radical (unpaired) electrons. The Kier molecular flexibility index (Phi) is 3.72. The molecule has 1 aromatic heterocycles. The van der Waals surface area contributed by atoms with Crippen molar-refractivity contribution >= 4 is 28.1 Å². The Bertz CT molecular complexity index is 837. The lowest BCUT2D eigenvalue weighted by molar-refractivity contribution is 1.15. The summed E-state index contributed by atoms with van der Waals surface area (Å²) >= 11 is 6.15. The molecule has 1 heterocycles. The lowest BCUT2D eigenvalue weighted by atomic mass is 10.1. The van der Waals surface area contributed by atoms with Crippen molar-refractivity contribution in [3.8, 4) is 6.07 Å². The normalized spacial score (nSPS) is 10.3. The third-order valence-electron chi connectivity index (χ3n) is 3.29. The standard InChI is InChI=1S/C17H12ClN3/c18-16-8-12(9-19)2-4-17(16)21-10-13-1-3-15-11-20-6-5-14(15)7-13/h1-8,11,21H,10H2. The quantitative estimate of drug-likeness (QED) is 0.780. The molecule has 0 amide bonds. The zero-order valence-corrected chi connectivity index (χ0v) is 11.9. The first-order valence-electron chi connectivity index (χ1n) is 6.52. The molecule has 102 valence electrons. The first-order valence-corrected chi connectivity index (χ1v) is 6.90. The van der Waals surface area contributed by atoms with Crippen LogP contribution in [0.3, 0.4) is 0 Å². The molecule has 0 aliphatic carbocycles. The average molecular weight is 294 g/mol. The van der Waals surface area contributed by atoms with Crippen LogP contribution in [0.4, 0.5) is 5.69 Å². The van der Waals surface area contributed by atoms with Crippen LogP contribution in [-0.4, -0.2) is 4.98 Å². The van der Waals surface area contributed by atoms with Gasteiger partial charge in [0.25, 0.3) is 0 Å². The third kappa shape index (κ3) is 2.96. The summed E-state index contributed by atoms with van der Waals surface area (Å²) in [6, 6.07) is 15.5. The van der Waals surface area contributed by atoms with Gasteiger partial charge in [0.2, 0.25) is 0 Å². The predicted octanol–water partition coefficient (Wildman–Crippen LogP) is 4.37. The van der Waals surface area contributed by atoms with Crippen LogP contribution in [0, 0.1) is 11.3 Å². The van der Waals surface area contributed by atoms with Crippen LogP contribution < -0.4 is 5.32 Å². The lowest BCUT2D eigenvalue weighted by Crippen LogP contribution is -2.00. The number of rotatable bonds is 3. The van der Waals surface area contributed by atoms with Gasteiger partial charge in [-0.3, -0.25) is 4.98 Å². The van der Waals surface area contributed by atoms with E-state index in [1.54, 1.807) is 18.3 Å². The topological polar surface area (TPSA) is 48.7 Å². The number of anilines is 1. The van der Waals surface area contributed by atoms with Gasteiger partial charge in [-0.15, -0.1) is 0 Å². The Balaban J connectivity index is 1.78. The SMILES string of the molecule is N#Cc1ccc(NCc2ccc3cnccc3c2)c(Cl)c1. The first-order chi connectivity index (χ1) is 10.3. The largest absolute Gasteiger partial charge is 0.380 e. The molecule has 0 fully saturated rings. The number of fused-ring (bicyclic) bond motifs is 1. The van der Waals surface area contributed by atoms with Crippen molar-refractivity contribution in [1.29, 1.82) is 5.26 Å². The molecule has 0 saturated carbocycles. The molecule has 0 spiro atoms. The number of nitrogens with one attached hydrogen (secondary N) is 1. The monoisotopic (exact) mass is 293 g/mol. The molecule has 2 aromatic carbocycles. The first kappa shape index (κ1) is 13.4. The van der Waals surface area contributed by atoms with E-state index in [9.17, 15) is 0 Å². The predicted molar refractivity (Wildman–Crippen MR) is 85.2 cm³/mol. The summed E-state index contributed by atoms with van der Waals surface area (Å²) in [5.41, 5.74) is 2.54. The van der Waals surface area contributed by atoms with Crippen molar-refractivity contribution in [2.24, 2.45) is 0 Å². The summed E-state index contributed by atoms with van der Waals surface area (Å²) in [6.07, 6.45) is 3.64. The number of nitriles is 1. The smallest absolute Gasteiger partial charge is 0.0992 e. The van der Waals surface area contributed by atoms with Gasteiger partial charge in [-0.1, -0.05) is 23.7 Å². The van der Waals surface area contributed by atoms with Crippen molar-refractivity contribution in [3.05, 3.63) is 71.0 Å². The van der Waals surface area contributed by atoms with Crippen molar-refractivity contribution in [1.82, 2.24) is 4.98 Å². The van der Waals surface area contributed by atoms with Crippen LogP contribution in [0.5, 0.6) is 0 Å². The number of benzene rings is 2. The van der Waals surface area contributed by atoms with E-state index >= 15 is 0 Å². The van der Waals surface area contributed by atoms with Crippen LogP contribution in [0.1, 0.15) is 11.1 Å². The van der Waals surface area contributed by atoms with E-state index in [0.717, 1.165) is 22.0 Å². The molecule has 21 heavy (non-hydrogen) atoms. The molecule has 3 nitrogen and oxygen atoms in total. The maximum absolute atomic E-state index is 8.83. The molecule has 4 heteroatoms. The molecule has 0 aliphatic heterocycles. The Labute approximate surface area is 127 Å². The van der Waals surface area contributed by atoms with E-state index < -0.39 is 0 Å². The van der Waals surface area contributed by atoms with Gasteiger partial charge in [-0.2, -0.15) is 5.26 Å². The second-order valence-corrected chi connectivity index (χ2v) is 5.12. The van der Waals surface area contributed by atoms with E-state index in [2.05, 4.69) is 34.6 Å². The minimum atomic E-state index is 0.555. The summed E-state index contributed by atoms with van der Waals surface area (Å²) in [5.74, 6) is 0. The van der Waals surface area contributed by atoms with Crippen LogP contribution in [-0.2, 0) is 6.54 Å². The summed E-state index contributed by atoms with van der Waals surface area (Å²) in [7, 11) is 0. The lowest BCUT2D eigenvalue weighted by Gasteiger charge is -2.09. The van der Waals surface area contributed by atoms with Gasteiger partial charge < -0.3 is 5.32 Å². The van der Waals surface area contributed by atoms with Crippen molar-refractivity contribution in [2.45, 2.75) is 6.54 Å². The van der Waals surface area contributed by atoms with Gasteiger partial charge in [-0.25, -0.2) is 0 Å². The highest BCUT2D eigenvalue weighted by atomic mass is 35.5. The molecule has 0 unspecified atom stereocenters. The second kappa shape index (κ2) is 5.82. The zero-order chi connectivity index (χ0) is 14.7. The van der Waals surface area contributed by atoms with E-state index in [-0.39, 0.29) is 0 Å². The number of pyridine rings is 1. The fourth-order valence-corrected chi connectivity index (χ4v) is 2.42. The van der Waals surface area contributed by atoms with Crippen LogP contribution >= 0.6 is 11.6 Å². The van der Waals surface area contributed by atoms with Crippen LogP contribution in [0.15, 0.2) is 54.9 Å². The second-order valence-electron chi connectivity index (χ2n) is 4.72. The molecule has 0 aliphatic rings. The molecule has 0 saturated heterocycles. The number of nitrogens with zero attached hydrogens (tertiary/aromatic N) is 2. The molecule has 1 N–H and O–H groups in total. The van der Waals surface area contributed by atoms with Crippen LogP contribution in [0.25, 0.3) is 10.8 Å². The minimum absolute atomic E-state index is 0.555. The van der Waals surface area contributed by atoms with Gasteiger partial charge in [0.15, 0.2) is 0 Å². The van der Waals surface area contributed by atoms with Crippen molar-refractivity contribution in [3.63, 3.8) is 0 Å². The van der Waals surface area contributed by atoms with Crippen molar-refractivity contribution < 1.29 is 0 Å². The van der Waals surface area contributed by atoms with E-state index in [0.29, 0.717) is 17.1 Å². The molecule has 0 bridgehead atoms. The highest BCUT2D eigenvalue weighted by Gasteiger charge is 2.02. The number of halogens is 1. The van der Waals surface area contributed by atoms with Gasteiger partial charge in [-0.05, 0) is 41.3 Å². The van der Waals surface area contributed by atoms with E-state index in [1.807, 2.05) is 18.3 Å². The third-order valence-corrected chi connectivity index (χ3v) is 3.60. The maximum Gasteiger partial charge on any atom is 0.0992 e. The Hall–Kier alpha value is -2.57. The fourth-order valence-electron chi connectivity index (χ4n) is 2.17. The average Bonchev–Trinajstić information content (AvgIpc) is 2.53. The Morgan fingerprint density at radius 1 is 1.10 bits per heavy atom. The van der Waals surface area contributed by atoms with E-state index in [1.165, 1.54) is 0 Å². The Morgan fingerprint density at radius 2 is 2.00 bits per heavy atom. The van der Waals surface area contributed by atoms with Crippen LogP contribution in [0.2, 0.25) is 5.02 Å². The van der Waals surface area contributed by atoms with Gasteiger partial charge >= 0.3 is 0 Å². The number of hydrogen-bond donors (Lipinski definition) is 1. The zero-order valence-electron chi connectivity index (χ0n) is 11.2. The summed E-state index contributed by atoms with van der Waals surface area (Å²) in [6.45, 7) is 0.671. The van der Waals surface area contributed by atoms with Crippen molar-refractivity contribution in [2.75, 3.05) is 5.32 Å². The highest BCUT2D eigenvalue weighted by molar-refractivity contribution is 6.33. The van der Waals surface area contributed by atoms with E-state index in [4.69, 9.17) is 16.9 Å². The summed E-state index contributed by atoms with van der Waals surface area (Å²) < 4.78 is 0. The molecule has 3 rings (SSSR count). The molecule has 3 aromatic rings. The summed E-state index contributed by atoms with van der Waals surface area (Å²) in [4.78, 5) is 4.10. The number of hydrogen-bond acceptors (Lipinski definition) is 3. The molecular weight excluding hydrogens is 282 g/mol. The van der Waals surface area contributed by atoms with Gasteiger partial charge in [0.1, 0.15) is 0 Å². The summed E-state index contributed by atoms with van der Waals surface area (Å²) in [5, 5.41) is 15.0. The van der Waals surface area contributed by atoms with Gasteiger partial charge in [0, 0.05) is 24.3 Å². The maximum atomic E-state index is 8.83. The Morgan fingerprint density at radius 3 is 2.81 bits per heavy atom. The molecule has 0 atom stereocenters. The highest BCUT2D eigenvalue weighted by Crippen LogP contribution is 2.24. The molecular formula is C17H12ClN3. The minimum Gasteiger partial charge on any atom is -0.380 e. The fraction of sp³-hybridized carbons (Fsp3) is 0.0588. The number of aromatic nitrogens is 1. The van der Waals surface area contributed by atoms with Gasteiger partial charge in [0.05, 0.1) is 22.3 Å².